The lowest BCUT2D eigenvalue weighted by molar-refractivity contribution is -0.118. The van der Waals surface area contributed by atoms with E-state index in [4.69, 9.17) is 4.74 Å². The highest BCUT2D eigenvalue weighted by atomic mass is 32.1. The summed E-state index contributed by atoms with van der Waals surface area (Å²) in [6.07, 6.45) is 0. The third-order valence-corrected chi connectivity index (χ3v) is 5.96. The highest BCUT2D eigenvalue weighted by Gasteiger charge is 2.23. The molecule has 0 atom stereocenters. The van der Waals surface area contributed by atoms with Crippen molar-refractivity contribution in [1.82, 2.24) is 4.57 Å². The number of thiazole rings is 1. The van der Waals surface area contributed by atoms with E-state index in [0.717, 1.165) is 28.5 Å². The van der Waals surface area contributed by atoms with Crippen LogP contribution in [0.1, 0.15) is 17.0 Å². The molecule has 0 N–H and O–H groups in total. The van der Waals surface area contributed by atoms with Crippen LogP contribution in [-0.4, -0.2) is 24.2 Å². The molecule has 0 bridgehead atoms. The lowest BCUT2D eigenvalue weighted by atomic mass is 9.91. The molecule has 4 aromatic rings. The number of ether oxygens (including phenoxy) is 1. The second-order valence-corrected chi connectivity index (χ2v) is 7.98. The van der Waals surface area contributed by atoms with Crippen molar-refractivity contribution in [2.75, 3.05) is 13.7 Å². The number of hydrogen-bond acceptors (Lipinski definition) is 3. The fourth-order valence-electron chi connectivity index (χ4n) is 3.53. The first kappa shape index (κ1) is 21.1. The lowest BCUT2D eigenvalue weighted by Gasteiger charge is -2.14. The average molecular weight is 438 g/mol. The van der Waals surface area contributed by atoms with Crippen LogP contribution in [-0.2, 0) is 16.1 Å². The molecular weight excluding hydrogens is 418 g/mol. The van der Waals surface area contributed by atoms with Gasteiger partial charge in [-0.25, -0.2) is 8.78 Å². The predicted molar refractivity (Wildman–Crippen MR) is 117 cm³/mol. The van der Waals surface area contributed by atoms with Crippen LogP contribution in [0, 0.1) is 11.6 Å². The number of benzene rings is 3. The Morgan fingerprint density at radius 3 is 2.23 bits per heavy atom. The van der Waals surface area contributed by atoms with Crippen molar-refractivity contribution in [1.29, 1.82) is 0 Å². The molecule has 1 aromatic heterocycles. The van der Waals surface area contributed by atoms with Crippen molar-refractivity contribution in [3.63, 3.8) is 0 Å². The third kappa shape index (κ3) is 4.47. The van der Waals surface area contributed by atoms with Gasteiger partial charge in [0.1, 0.15) is 5.82 Å². The molecule has 1 amide bonds. The van der Waals surface area contributed by atoms with Gasteiger partial charge in [0.25, 0.3) is 5.91 Å². The second-order valence-electron chi connectivity index (χ2n) is 6.97. The fraction of sp³-hybridized carbons (Fsp3) is 0.167. The Morgan fingerprint density at radius 2 is 1.65 bits per heavy atom. The lowest BCUT2D eigenvalue weighted by Crippen LogP contribution is -2.22. The summed E-state index contributed by atoms with van der Waals surface area (Å²) in [6.45, 7) is 0.581. The number of aromatic nitrogens is 1. The van der Waals surface area contributed by atoms with Crippen LogP contribution in [0.5, 0.6) is 0 Å². The fourth-order valence-corrected chi connectivity index (χ4v) is 4.63. The third-order valence-electron chi connectivity index (χ3n) is 4.93. The van der Waals surface area contributed by atoms with E-state index >= 15 is 0 Å². The molecule has 31 heavy (non-hydrogen) atoms. The Bertz CT molecular complexity index is 1230. The summed E-state index contributed by atoms with van der Waals surface area (Å²) in [5.41, 5.74) is 1.83. The number of rotatable bonds is 6. The standard InChI is InChI=1S/C24H20F2N2O2S/c1-30-13-12-28-22-19(26)14-18(25)15-20(22)31-24(28)27-23(29)21(16-8-4-2-5-9-16)17-10-6-3-7-11-17/h2-11,14-15,21H,12-13H2,1H3. The summed E-state index contributed by atoms with van der Waals surface area (Å²) in [5, 5.41) is 0. The Kier molecular flexibility index (Phi) is 6.34. The molecule has 0 unspecified atom stereocenters. The van der Waals surface area contributed by atoms with E-state index in [0.29, 0.717) is 16.1 Å². The molecule has 0 saturated carbocycles. The Hall–Kier alpha value is -3.16. The zero-order valence-corrected chi connectivity index (χ0v) is 17.6. The maximum Gasteiger partial charge on any atom is 0.260 e. The second kappa shape index (κ2) is 9.32. The van der Waals surface area contributed by atoms with Crippen LogP contribution in [0.15, 0.2) is 77.8 Å². The van der Waals surface area contributed by atoms with Crippen LogP contribution in [0.25, 0.3) is 10.2 Å². The summed E-state index contributed by atoms with van der Waals surface area (Å²) in [5.74, 6) is -2.35. The number of halogens is 2. The normalized spacial score (nSPS) is 12.1. The number of hydrogen-bond donors (Lipinski definition) is 0. The van der Waals surface area contributed by atoms with Gasteiger partial charge in [-0.2, -0.15) is 4.99 Å². The van der Waals surface area contributed by atoms with Gasteiger partial charge in [0, 0.05) is 19.7 Å². The van der Waals surface area contributed by atoms with Crippen LogP contribution in [0.4, 0.5) is 8.78 Å². The van der Waals surface area contributed by atoms with Gasteiger partial charge in [0.2, 0.25) is 0 Å². The first-order valence-corrected chi connectivity index (χ1v) is 10.6. The maximum atomic E-state index is 14.6. The van der Waals surface area contributed by atoms with Crippen LogP contribution in [0.3, 0.4) is 0 Å². The van der Waals surface area contributed by atoms with Crippen LogP contribution in [0.2, 0.25) is 0 Å². The van der Waals surface area contributed by atoms with Crippen LogP contribution >= 0.6 is 11.3 Å². The van der Waals surface area contributed by atoms with Gasteiger partial charge in [-0.05, 0) is 17.2 Å². The molecule has 0 aliphatic rings. The minimum absolute atomic E-state index is 0.214. The summed E-state index contributed by atoms with van der Waals surface area (Å²) < 4.78 is 35.4. The number of amides is 1. The largest absolute Gasteiger partial charge is 0.383 e. The molecular formula is C24H20F2N2O2S. The van der Waals surface area contributed by atoms with Gasteiger partial charge in [-0.1, -0.05) is 72.0 Å². The molecule has 0 aliphatic heterocycles. The molecule has 158 valence electrons. The van der Waals surface area contributed by atoms with Gasteiger partial charge < -0.3 is 9.30 Å². The molecule has 0 fully saturated rings. The molecule has 3 aromatic carbocycles. The number of nitrogens with zero attached hydrogens (tertiary/aromatic N) is 2. The minimum atomic E-state index is -0.695. The summed E-state index contributed by atoms with van der Waals surface area (Å²) in [7, 11) is 1.54. The van der Waals surface area contributed by atoms with E-state index in [1.807, 2.05) is 60.7 Å². The van der Waals surface area contributed by atoms with E-state index in [2.05, 4.69) is 4.99 Å². The average Bonchev–Trinajstić information content (AvgIpc) is 3.10. The number of methoxy groups -OCH3 is 1. The van der Waals surface area contributed by atoms with E-state index in [1.54, 1.807) is 4.57 Å². The maximum absolute atomic E-state index is 14.6. The van der Waals surface area contributed by atoms with E-state index in [-0.39, 0.29) is 18.0 Å². The summed E-state index contributed by atoms with van der Waals surface area (Å²) in [6, 6.07) is 20.8. The highest BCUT2D eigenvalue weighted by molar-refractivity contribution is 7.16. The quantitative estimate of drug-likeness (QED) is 0.430. The zero-order chi connectivity index (χ0) is 21.8. The van der Waals surface area contributed by atoms with Crippen molar-refractivity contribution in [3.05, 3.63) is 100 Å². The monoisotopic (exact) mass is 438 g/mol. The Labute approximate surface area is 182 Å². The van der Waals surface area contributed by atoms with Gasteiger partial charge >= 0.3 is 0 Å². The SMILES string of the molecule is COCCn1c(=NC(=O)C(c2ccccc2)c2ccccc2)sc2cc(F)cc(F)c21. The summed E-state index contributed by atoms with van der Waals surface area (Å²) >= 11 is 1.08. The van der Waals surface area contributed by atoms with E-state index < -0.39 is 17.6 Å². The Morgan fingerprint density at radius 1 is 1.03 bits per heavy atom. The molecule has 4 rings (SSSR count). The molecule has 0 radical (unpaired) electrons. The molecule has 0 spiro atoms. The molecule has 4 nitrogen and oxygen atoms in total. The van der Waals surface area contributed by atoms with Crippen molar-refractivity contribution in [2.45, 2.75) is 12.5 Å². The number of fused-ring (bicyclic) bond motifs is 1. The molecule has 0 saturated heterocycles. The Balaban J connectivity index is 1.87. The first-order chi connectivity index (χ1) is 15.1. The van der Waals surface area contributed by atoms with Crippen molar-refractivity contribution in [2.24, 2.45) is 4.99 Å². The van der Waals surface area contributed by atoms with Crippen LogP contribution < -0.4 is 4.80 Å². The minimum Gasteiger partial charge on any atom is -0.383 e. The van der Waals surface area contributed by atoms with Gasteiger partial charge in [-0.15, -0.1) is 0 Å². The van der Waals surface area contributed by atoms with Crippen molar-refractivity contribution >= 4 is 27.5 Å². The van der Waals surface area contributed by atoms with Crippen molar-refractivity contribution in [3.8, 4) is 0 Å². The van der Waals surface area contributed by atoms with Gasteiger partial charge in [0.15, 0.2) is 10.6 Å². The smallest absolute Gasteiger partial charge is 0.260 e. The van der Waals surface area contributed by atoms with Gasteiger partial charge in [0.05, 0.1) is 22.7 Å². The summed E-state index contributed by atoms with van der Waals surface area (Å²) in [4.78, 5) is 18.1. The highest BCUT2D eigenvalue weighted by Crippen LogP contribution is 2.27. The predicted octanol–water partition coefficient (Wildman–Crippen LogP) is 4.89. The van der Waals surface area contributed by atoms with Crippen molar-refractivity contribution < 1.29 is 18.3 Å². The molecule has 1 heterocycles. The number of carbonyl (C=O) groups excluding carboxylic acids is 1. The van der Waals surface area contributed by atoms with E-state index in [9.17, 15) is 13.6 Å². The zero-order valence-electron chi connectivity index (χ0n) is 16.8. The van der Waals surface area contributed by atoms with Gasteiger partial charge in [-0.3, -0.25) is 4.79 Å². The first-order valence-electron chi connectivity index (χ1n) is 9.74. The molecule has 7 heteroatoms. The molecule has 0 aliphatic carbocycles. The topological polar surface area (TPSA) is 43.6 Å². The number of carbonyl (C=O) groups is 1. The van der Waals surface area contributed by atoms with E-state index in [1.165, 1.54) is 13.2 Å².